The molecule has 0 spiro atoms. The van der Waals surface area contributed by atoms with Crippen LogP contribution in [0.25, 0.3) is 0 Å². The Bertz CT molecular complexity index is 454. The normalized spacial score (nSPS) is 9.12. The minimum Gasteiger partial charge on any atom is -0.493 e. The highest BCUT2D eigenvalue weighted by atomic mass is 16.5. The van der Waals surface area contributed by atoms with E-state index in [0.717, 1.165) is 6.29 Å². The molecule has 0 heterocycles. The lowest BCUT2D eigenvalue weighted by Crippen LogP contribution is -1.95. The summed E-state index contributed by atoms with van der Waals surface area (Å²) in [5.41, 5.74) is 1.06. The van der Waals surface area contributed by atoms with Gasteiger partial charge in [0, 0.05) is 24.3 Å². The lowest BCUT2D eigenvalue weighted by molar-refractivity contribution is 0.112. The molecular formula is C13H14O4. The number of benzene rings is 1. The Morgan fingerprint density at radius 3 is 2.35 bits per heavy atom. The first kappa shape index (κ1) is 13.1. The predicted octanol–water partition coefficient (Wildman–Crippen LogP) is 1.51. The molecule has 0 aliphatic heterocycles. The first-order valence-electron chi connectivity index (χ1n) is 4.95. The molecule has 1 aromatic carbocycles. The third-order valence-electron chi connectivity index (χ3n) is 2.12. The van der Waals surface area contributed by atoms with E-state index in [4.69, 9.17) is 14.2 Å². The van der Waals surface area contributed by atoms with Crippen LogP contribution < -0.4 is 9.47 Å². The number of aldehydes is 1. The van der Waals surface area contributed by atoms with Crippen LogP contribution in [0.5, 0.6) is 11.5 Å². The molecule has 4 heteroatoms. The van der Waals surface area contributed by atoms with Crippen LogP contribution in [0.15, 0.2) is 12.1 Å². The van der Waals surface area contributed by atoms with Crippen LogP contribution in [0.1, 0.15) is 15.9 Å². The van der Waals surface area contributed by atoms with E-state index in [1.165, 1.54) is 14.2 Å². The molecule has 0 aliphatic rings. The van der Waals surface area contributed by atoms with E-state index in [1.807, 2.05) is 0 Å². The summed E-state index contributed by atoms with van der Waals surface area (Å²) in [4.78, 5) is 10.9. The van der Waals surface area contributed by atoms with E-state index < -0.39 is 0 Å². The summed E-state index contributed by atoms with van der Waals surface area (Å²) in [6.07, 6.45) is 0.735. The van der Waals surface area contributed by atoms with Gasteiger partial charge in [0.2, 0.25) is 0 Å². The quantitative estimate of drug-likeness (QED) is 0.585. The SMILES string of the molecule is COCC#Cc1cc(OC)c(OC)cc1C=O. The molecule has 17 heavy (non-hydrogen) atoms. The summed E-state index contributed by atoms with van der Waals surface area (Å²) in [5, 5.41) is 0. The van der Waals surface area contributed by atoms with Crippen LogP contribution in [0.3, 0.4) is 0 Å². The highest BCUT2D eigenvalue weighted by Crippen LogP contribution is 2.29. The topological polar surface area (TPSA) is 44.8 Å². The standard InChI is InChI=1S/C13H14O4/c1-15-6-4-5-10-7-12(16-2)13(17-3)8-11(10)9-14/h7-9H,6H2,1-3H3. The molecule has 0 N–H and O–H groups in total. The van der Waals surface area contributed by atoms with Gasteiger partial charge in [0.05, 0.1) is 14.2 Å². The van der Waals surface area contributed by atoms with Gasteiger partial charge in [-0.3, -0.25) is 4.79 Å². The maximum Gasteiger partial charge on any atom is 0.162 e. The highest BCUT2D eigenvalue weighted by Gasteiger charge is 2.08. The molecule has 0 amide bonds. The monoisotopic (exact) mass is 234 g/mol. The van der Waals surface area contributed by atoms with Gasteiger partial charge in [0.15, 0.2) is 17.8 Å². The second-order valence-electron chi connectivity index (χ2n) is 3.15. The Labute approximate surface area is 100 Å². The summed E-state index contributed by atoms with van der Waals surface area (Å²) in [6, 6.07) is 3.27. The maximum atomic E-state index is 10.9. The lowest BCUT2D eigenvalue weighted by Gasteiger charge is -2.09. The Hall–Kier alpha value is -1.99. The van der Waals surface area contributed by atoms with Crippen LogP contribution in [-0.2, 0) is 4.74 Å². The smallest absolute Gasteiger partial charge is 0.162 e. The van der Waals surface area contributed by atoms with Crippen LogP contribution in [0.2, 0.25) is 0 Å². The zero-order valence-electron chi connectivity index (χ0n) is 10.1. The summed E-state index contributed by atoms with van der Waals surface area (Å²) in [5.74, 6) is 6.68. The van der Waals surface area contributed by atoms with Crippen molar-refractivity contribution in [3.05, 3.63) is 23.3 Å². The third kappa shape index (κ3) is 3.23. The van der Waals surface area contributed by atoms with Crippen LogP contribution >= 0.6 is 0 Å². The van der Waals surface area contributed by atoms with Crippen molar-refractivity contribution in [2.24, 2.45) is 0 Å². The highest BCUT2D eigenvalue weighted by molar-refractivity contribution is 5.81. The molecule has 4 nitrogen and oxygen atoms in total. The van der Waals surface area contributed by atoms with Gasteiger partial charge < -0.3 is 14.2 Å². The van der Waals surface area contributed by atoms with Gasteiger partial charge in [-0.05, 0) is 6.07 Å². The number of rotatable bonds is 4. The fourth-order valence-corrected chi connectivity index (χ4v) is 1.30. The summed E-state index contributed by atoms with van der Waals surface area (Å²) in [7, 11) is 4.61. The van der Waals surface area contributed by atoms with Gasteiger partial charge >= 0.3 is 0 Å². The fourth-order valence-electron chi connectivity index (χ4n) is 1.30. The Morgan fingerprint density at radius 1 is 1.18 bits per heavy atom. The van der Waals surface area contributed by atoms with E-state index in [-0.39, 0.29) is 0 Å². The molecule has 1 aromatic rings. The average Bonchev–Trinajstić information content (AvgIpc) is 2.38. The number of methoxy groups -OCH3 is 3. The first-order chi connectivity index (χ1) is 8.26. The van der Waals surface area contributed by atoms with Crippen molar-refractivity contribution in [2.45, 2.75) is 0 Å². The van der Waals surface area contributed by atoms with Gasteiger partial charge in [-0.15, -0.1) is 0 Å². The van der Waals surface area contributed by atoms with E-state index >= 15 is 0 Å². The van der Waals surface area contributed by atoms with Gasteiger partial charge in [-0.2, -0.15) is 0 Å². The molecule has 0 aromatic heterocycles. The molecule has 0 bridgehead atoms. The Kier molecular flexibility index (Phi) is 5.05. The van der Waals surface area contributed by atoms with Crippen molar-refractivity contribution in [3.63, 3.8) is 0 Å². The van der Waals surface area contributed by atoms with Gasteiger partial charge in [0.1, 0.15) is 6.61 Å². The van der Waals surface area contributed by atoms with Gasteiger partial charge in [0.25, 0.3) is 0 Å². The minimum atomic E-state index is 0.312. The second-order valence-corrected chi connectivity index (χ2v) is 3.15. The van der Waals surface area contributed by atoms with E-state index in [9.17, 15) is 4.79 Å². The average molecular weight is 234 g/mol. The summed E-state index contributed by atoms with van der Waals surface area (Å²) < 4.78 is 15.1. The molecule has 1 rings (SSSR count). The molecule has 0 fully saturated rings. The van der Waals surface area contributed by atoms with E-state index in [0.29, 0.717) is 29.2 Å². The molecule has 0 saturated carbocycles. The number of carbonyl (C=O) groups excluding carboxylic acids is 1. The van der Waals surface area contributed by atoms with Crippen molar-refractivity contribution in [2.75, 3.05) is 27.9 Å². The van der Waals surface area contributed by atoms with Crippen LogP contribution in [-0.4, -0.2) is 34.2 Å². The zero-order valence-corrected chi connectivity index (χ0v) is 10.1. The minimum absolute atomic E-state index is 0.312. The van der Waals surface area contributed by atoms with Crippen LogP contribution in [0.4, 0.5) is 0 Å². The predicted molar refractivity (Wildman–Crippen MR) is 63.7 cm³/mol. The van der Waals surface area contributed by atoms with E-state index in [2.05, 4.69) is 11.8 Å². The van der Waals surface area contributed by atoms with Crippen molar-refractivity contribution in [3.8, 4) is 23.3 Å². The van der Waals surface area contributed by atoms with Crippen molar-refractivity contribution >= 4 is 6.29 Å². The molecule has 0 aliphatic carbocycles. The lowest BCUT2D eigenvalue weighted by atomic mass is 10.1. The molecule has 0 saturated heterocycles. The first-order valence-corrected chi connectivity index (χ1v) is 4.95. The van der Waals surface area contributed by atoms with Crippen molar-refractivity contribution in [1.29, 1.82) is 0 Å². The summed E-state index contributed by atoms with van der Waals surface area (Å²) >= 11 is 0. The third-order valence-corrected chi connectivity index (χ3v) is 2.12. The zero-order chi connectivity index (χ0) is 12.7. The molecular weight excluding hydrogens is 220 g/mol. The molecule has 0 unspecified atom stereocenters. The van der Waals surface area contributed by atoms with Gasteiger partial charge in [-0.25, -0.2) is 0 Å². The Morgan fingerprint density at radius 2 is 1.82 bits per heavy atom. The number of hydrogen-bond donors (Lipinski definition) is 0. The van der Waals surface area contributed by atoms with Gasteiger partial charge in [-0.1, -0.05) is 11.8 Å². The Balaban J connectivity index is 3.20. The van der Waals surface area contributed by atoms with Crippen molar-refractivity contribution < 1.29 is 19.0 Å². The molecule has 0 atom stereocenters. The summed E-state index contributed by atoms with van der Waals surface area (Å²) in [6.45, 7) is 0.312. The number of hydrogen-bond acceptors (Lipinski definition) is 4. The number of ether oxygens (including phenoxy) is 3. The number of carbonyl (C=O) groups is 1. The fraction of sp³-hybridized carbons (Fsp3) is 0.308. The van der Waals surface area contributed by atoms with E-state index in [1.54, 1.807) is 19.2 Å². The van der Waals surface area contributed by atoms with Crippen LogP contribution in [0, 0.1) is 11.8 Å². The molecule has 0 radical (unpaired) electrons. The molecule has 90 valence electrons. The maximum absolute atomic E-state index is 10.9. The largest absolute Gasteiger partial charge is 0.493 e. The van der Waals surface area contributed by atoms with Crippen molar-refractivity contribution in [1.82, 2.24) is 0 Å². The second kappa shape index (κ2) is 6.56.